The molecule has 0 heterocycles. The van der Waals surface area contributed by atoms with Gasteiger partial charge in [-0.25, -0.2) is 0 Å². The van der Waals surface area contributed by atoms with Gasteiger partial charge in [0.2, 0.25) is 0 Å². The Bertz CT molecular complexity index is 118. The summed E-state index contributed by atoms with van der Waals surface area (Å²) in [5.74, 6) is 0. The summed E-state index contributed by atoms with van der Waals surface area (Å²) in [5, 5.41) is 10.1. The van der Waals surface area contributed by atoms with Crippen LogP contribution in [-0.4, -0.2) is 12.8 Å². The van der Waals surface area contributed by atoms with Crippen molar-refractivity contribution in [2.45, 2.75) is 6.92 Å². The van der Waals surface area contributed by atoms with E-state index in [0.29, 0.717) is 10.9 Å². The Morgan fingerprint density at radius 1 is 1.75 bits per heavy atom. The van der Waals surface area contributed by atoms with Crippen molar-refractivity contribution in [2.75, 3.05) is 7.05 Å². The van der Waals surface area contributed by atoms with Gasteiger partial charge in [-0.3, -0.25) is 0 Å². The quantitative estimate of drug-likeness (QED) is 0.432. The van der Waals surface area contributed by atoms with E-state index in [0.717, 1.165) is 0 Å². The van der Waals surface area contributed by atoms with Gasteiger partial charge < -0.3 is 10.7 Å². The molecule has 0 saturated carbocycles. The van der Waals surface area contributed by atoms with Gasteiger partial charge >= 0.3 is 0 Å². The Morgan fingerprint density at radius 3 is 2.38 bits per heavy atom. The molecular weight excluding hydrogens is 124 g/mol. The maximum Gasteiger partial charge on any atom is 0.103 e. The Balaban J connectivity index is 3.75. The molecule has 0 aromatic heterocycles. The molecule has 0 rings (SSSR count). The molecule has 8 heavy (non-hydrogen) atoms. The molecule has 0 fully saturated rings. The zero-order valence-electron chi connectivity index (χ0n) is 4.96. The summed E-state index contributed by atoms with van der Waals surface area (Å²) < 4.78 is 0. The molecule has 0 atom stereocenters. The van der Waals surface area contributed by atoms with Gasteiger partial charge in [-0.15, -0.1) is 0 Å². The van der Waals surface area contributed by atoms with Gasteiger partial charge in [0.05, 0.1) is 0 Å². The van der Waals surface area contributed by atoms with E-state index in [2.05, 4.69) is 5.32 Å². The first kappa shape index (κ1) is 7.50. The highest BCUT2D eigenvalue weighted by atomic mass is 35.5. The van der Waals surface area contributed by atoms with Crippen LogP contribution in [0.3, 0.4) is 0 Å². The summed E-state index contributed by atoms with van der Waals surface area (Å²) in [7, 11) is 1.71. The smallest absolute Gasteiger partial charge is 0.103 e. The van der Waals surface area contributed by atoms with Crippen molar-refractivity contribution < 1.29 is 0 Å². The summed E-state index contributed by atoms with van der Waals surface area (Å²) in [6.07, 6.45) is 1.54. The summed E-state index contributed by atoms with van der Waals surface area (Å²) in [4.78, 5) is 0. The monoisotopic (exact) mass is 132 g/mol. The number of halogens is 1. The van der Waals surface area contributed by atoms with Crippen molar-refractivity contribution >= 4 is 17.3 Å². The van der Waals surface area contributed by atoms with Crippen molar-refractivity contribution in [3.63, 3.8) is 0 Å². The highest BCUT2D eigenvalue weighted by Gasteiger charge is 1.83. The molecule has 0 radical (unpaired) electrons. The Hall–Kier alpha value is -0.500. The minimum atomic E-state index is 0.448. The van der Waals surface area contributed by atoms with Crippen LogP contribution in [0.4, 0.5) is 0 Å². The van der Waals surface area contributed by atoms with Gasteiger partial charge in [-0.1, -0.05) is 11.6 Å². The van der Waals surface area contributed by atoms with Crippen molar-refractivity contribution in [3.05, 3.63) is 11.2 Å². The number of allylic oxidation sites excluding steroid dienone is 1. The summed E-state index contributed by atoms with van der Waals surface area (Å²) in [6, 6.07) is 0. The van der Waals surface area contributed by atoms with Crippen LogP contribution in [0.15, 0.2) is 11.2 Å². The second-order valence-corrected chi connectivity index (χ2v) is 1.83. The third kappa shape index (κ3) is 3.68. The van der Waals surface area contributed by atoms with E-state index in [1.165, 1.54) is 0 Å². The second-order valence-electron chi connectivity index (χ2n) is 1.43. The molecule has 0 aliphatic heterocycles. The molecule has 0 unspecified atom stereocenters. The Kier molecular flexibility index (Phi) is 3.28. The van der Waals surface area contributed by atoms with E-state index >= 15 is 0 Å². The molecule has 0 spiro atoms. The van der Waals surface area contributed by atoms with Gasteiger partial charge in [0.15, 0.2) is 0 Å². The van der Waals surface area contributed by atoms with Crippen LogP contribution >= 0.6 is 11.6 Å². The summed E-state index contributed by atoms with van der Waals surface area (Å²) in [6.45, 7) is 1.67. The van der Waals surface area contributed by atoms with Crippen LogP contribution < -0.4 is 5.32 Å². The van der Waals surface area contributed by atoms with Crippen molar-refractivity contribution in [1.82, 2.24) is 5.32 Å². The highest BCUT2D eigenvalue weighted by Crippen LogP contribution is 1.92. The largest absolute Gasteiger partial charge is 0.379 e. The van der Waals surface area contributed by atoms with E-state index in [1.54, 1.807) is 20.0 Å². The van der Waals surface area contributed by atoms with Crippen LogP contribution in [0.25, 0.3) is 0 Å². The minimum absolute atomic E-state index is 0.448. The standard InChI is InChI=1S/C5H9ClN2/c1-4(7)3-5(6)8-2/h3,7-8H,1-2H3/b5-3-,7-4?. The third-order valence-corrected chi connectivity index (χ3v) is 0.880. The summed E-state index contributed by atoms with van der Waals surface area (Å²) >= 11 is 5.47. The predicted molar refractivity (Wildman–Crippen MR) is 36.4 cm³/mol. The molecule has 0 amide bonds. The summed E-state index contributed by atoms with van der Waals surface area (Å²) in [5.41, 5.74) is 0.448. The number of nitrogens with one attached hydrogen (secondary N) is 2. The van der Waals surface area contributed by atoms with Crippen LogP contribution in [0.2, 0.25) is 0 Å². The fourth-order valence-electron chi connectivity index (χ4n) is 0.262. The lowest BCUT2D eigenvalue weighted by Gasteiger charge is -1.92. The maximum atomic E-state index is 6.93. The van der Waals surface area contributed by atoms with Crippen LogP contribution in [-0.2, 0) is 0 Å². The number of hydrogen-bond acceptors (Lipinski definition) is 2. The average Bonchev–Trinajstić information content (AvgIpc) is 1.65. The lowest BCUT2D eigenvalue weighted by molar-refractivity contribution is 1.07. The molecule has 0 aliphatic carbocycles. The molecule has 3 heteroatoms. The Labute approximate surface area is 54.0 Å². The van der Waals surface area contributed by atoms with Crippen LogP contribution in [0, 0.1) is 5.41 Å². The molecule has 0 saturated heterocycles. The van der Waals surface area contributed by atoms with E-state index in [-0.39, 0.29) is 0 Å². The molecule has 0 bridgehead atoms. The first-order chi connectivity index (χ1) is 3.66. The van der Waals surface area contributed by atoms with E-state index < -0.39 is 0 Å². The number of hydrogen-bond donors (Lipinski definition) is 2. The minimum Gasteiger partial charge on any atom is -0.379 e. The fourth-order valence-corrected chi connectivity index (χ4v) is 0.426. The molecule has 46 valence electrons. The molecule has 2 nitrogen and oxygen atoms in total. The van der Waals surface area contributed by atoms with E-state index in [4.69, 9.17) is 17.0 Å². The van der Waals surface area contributed by atoms with Gasteiger partial charge in [-0.05, 0) is 13.0 Å². The fraction of sp³-hybridized carbons (Fsp3) is 0.400. The molecular formula is C5H9ClN2. The third-order valence-electron chi connectivity index (χ3n) is 0.582. The topological polar surface area (TPSA) is 35.9 Å². The van der Waals surface area contributed by atoms with Crippen molar-refractivity contribution in [3.8, 4) is 0 Å². The van der Waals surface area contributed by atoms with Crippen LogP contribution in [0.1, 0.15) is 6.92 Å². The highest BCUT2D eigenvalue weighted by molar-refractivity contribution is 6.30. The molecule has 2 N–H and O–H groups in total. The zero-order valence-corrected chi connectivity index (χ0v) is 5.71. The lowest BCUT2D eigenvalue weighted by Crippen LogP contribution is -2.00. The average molecular weight is 133 g/mol. The zero-order chi connectivity index (χ0) is 6.57. The lowest BCUT2D eigenvalue weighted by atomic mass is 10.4. The predicted octanol–water partition coefficient (Wildman–Crippen LogP) is 1.33. The molecule has 0 aromatic carbocycles. The van der Waals surface area contributed by atoms with E-state index in [1.807, 2.05) is 0 Å². The number of rotatable bonds is 2. The normalized spacial score (nSPS) is 11.1. The van der Waals surface area contributed by atoms with Crippen molar-refractivity contribution in [2.24, 2.45) is 0 Å². The van der Waals surface area contributed by atoms with Crippen molar-refractivity contribution in [1.29, 1.82) is 5.41 Å². The maximum absolute atomic E-state index is 6.93. The first-order valence-corrected chi connectivity index (χ1v) is 2.64. The van der Waals surface area contributed by atoms with Gasteiger partial charge in [-0.2, -0.15) is 0 Å². The SMILES string of the molecule is CN/C(Cl)=C\C(C)=N. The molecule has 0 aliphatic rings. The Morgan fingerprint density at radius 2 is 2.25 bits per heavy atom. The molecule has 0 aromatic rings. The van der Waals surface area contributed by atoms with Gasteiger partial charge in [0, 0.05) is 12.8 Å². The van der Waals surface area contributed by atoms with Crippen LogP contribution in [0.5, 0.6) is 0 Å². The van der Waals surface area contributed by atoms with Gasteiger partial charge in [0.1, 0.15) is 5.16 Å². The van der Waals surface area contributed by atoms with E-state index in [9.17, 15) is 0 Å². The second kappa shape index (κ2) is 3.50. The van der Waals surface area contributed by atoms with Gasteiger partial charge in [0.25, 0.3) is 0 Å². The first-order valence-electron chi connectivity index (χ1n) is 2.27.